The summed E-state index contributed by atoms with van der Waals surface area (Å²) < 4.78 is 1.80. The van der Waals surface area contributed by atoms with Gasteiger partial charge in [-0.1, -0.05) is 30.3 Å². The molecule has 1 aliphatic heterocycles. The predicted octanol–water partition coefficient (Wildman–Crippen LogP) is 3.53. The molecule has 1 aromatic carbocycles. The first-order valence-electron chi connectivity index (χ1n) is 9.91. The third-order valence-electron chi connectivity index (χ3n) is 4.87. The van der Waals surface area contributed by atoms with Crippen molar-refractivity contribution >= 4 is 28.4 Å². The smallest absolute Gasteiger partial charge is 0.348 e. The molecule has 3 heterocycles. The topological polar surface area (TPSA) is 85.2 Å². The van der Waals surface area contributed by atoms with Crippen molar-refractivity contribution in [2.75, 3.05) is 18.0 Å². The number of ketones is 1. The van der Waals surface area contributed by atoms with Crippen LogP contribution in [0.25, 0.3) is 0 Å². The van der Waals surface area contributed by atoms with Crippen LogP contribution in [0.5, 0.6) is 0 Å². The minimum absolute atomic E-state index is 0.0910. The van der Waals surface area contributed by atoms with E-state index in [1.54, 1.807) is 16.0 Å². The van der Waals surface area contributed by atoms with Gasteiger partial charge in [-0.05, 0) is 37.8 Å². The average molecular weight is 425 g/mol. The van der Waals surface area contributed by atoms with Gasteiger partial charge < -0.3 is 4.90 Å². The van der Waals surface area contributed by atoms with Crippen LogP contribution in [0.4, 0.5) is 5.13 Å². The molecule has 0 radical (unpaired) electrons. The molecule has 156 valence electrons. The van der Waals surface area contributed by atoms with E-state index in [0.29, 0.717) is 18.7 Å². The molecule has 0 amide bonds. The Hall–Kier alpha value is -3.09. The molecule has 0 N–H and O–H groups in total. The van der Waals surface area contributed by atoms with Crippen LogP contribution < -0.4 is 4.90 Å². The standard InChI is InChI=1S/C21H24N4OS.CO2/c1-16-12-19(20(26)13-17-8-4-2-5-9-17)25(23-16)14-18-15-27-21(22-18)24-10-6-3-7-11-24;2-1-3/h2,4-5,8-9,12,15H,3,6-7,10-11,13-14H2,1H3;. The van der Waals surface area contributed by atoms with Crippen molar-refractivity contribution in [1.82, 2.24) is 14.8 Å². The van der Waals surface area contributed by atoms with Gasteiger partial charge in [0.2, 0.25) is 0 Å². The van der Waals surface area contributed by atoms with E-state index in [0.717, 1.165) is 35.2 Å². The van der Waals surface area contributed by atoms with Crippen molar-refractivity contribution in [2.24, 2.45) is 0 Å². The van der Waals surface area contributed by atoms with Crippen LogP contribution in [0.3, 0.4) is 0 Å². The number of carbonyl (C=O) groups excluding carboxylic acids is 3. The van der Waals surface area contributed by atoms with Crippen LogP contribution in [0.2, 0.25) is 0 Å². The van der Waals surface area contributed by atoms with Gasteiger partial charge in [0.15, 0.2) is 10.9 Å². The van der Waals surface area contributed by atoms with Crippen molar-refractivity contribution in [1.29, 1.82) is 0 Å². The molecule has 7 nitrogen and oxygen atoms in total. The molecule has 0 saturated carbocycles. The van der Waals surface area contributed by atoms with Crippen molar-refractivity contribution in [2.45, 2.75) is 39.2 Å². The van der Waals surface area contributed by atoms with Crippen molar-refractivity contribution < 1.29 is 14.4 Å². The number of benzene rings is 1. The fourth-order valence-electron chi connectivity index (χ4n) is 3.52. The Bertz CT molecular complexity index is 1000. The van der Waals surface area contributed by atoms with E-state index in [1.807, 2.05) is 43.3 Å². The van der Waals surface area contributed by atoms with Crippen LogP contribution in [-0.4, -0.2) is 39.8 Å². The molecule has 30 heavy (non-hydrogen) atoms. The van der Waals surface area contributed by atoms with E-state index in [1.165, 1.54) is 19.3 Å². The minimum atomic E-state index is 0.0910. The molecule has 2 aromatic heterocycles. The molecule has 4 rings (SSSR count). The lowest BCUT2D eigenvalue weighted by Crippen LogP contribution is -2.29. The zero-order valence-corrected chi connectivity index (χ0v) is 17.7. The third kappa shape index (κ3) is 5.72. The number of carbonyl (C=O) groups is 1. The molecule has 0 spiro atoms. The van der Waals surface area contributed by atoms with Crippen LogP contribution in [0.15, 0.2) is 41.8 Å². The fourth-order valence-corrected chi connectivity index (χ4v) is 4.39. The lowest BCUT2D eigenvalue weighted by molar-refractivity contribution is -0.191. The third-order valence-corrected chi connectivity index (χ3v) is 5.82. The summed E-state index contributed by atoms with van der Waals surface area (Å²) in [4.78, 5) is 36.2. The van der Waals surface area contributed by atoms with Gasteiger partial charge in [-0.2, -0.15) is 14.7 Å². The number of anilines is 1. The Morgan fingerprint density at radius 2 is 1.83 bits per heavy atom. The molecular formula is C22H24N4O3S. The van der Waals surface area contributed by atoms with E-state index >= 15 is 0 Å². The van der Waals surface area contributed by atoms with E-state index in [9.17, 15) is 4.79 Å². The van der Waals surface area contributed by atoms with Crippen LogP contribution in [0, 0.1) is 6.92 Å². The second-order valence-electron chi connectivity index (χ2n) is 7.17. The number of piperidine rings is 1. The summed E-state index contributed by atoms with van der Waals surface area (Å²) in [6, 6.07) is 11.7. The Kier molecular flexibility index (Phi) is 7.65. The van der Waals surface area contributed by atoms with Gasteiger partial charge >= 0.3 is 6.15 Å². The lowest BCUT2D eigenvalue weighted by atomic mass is 10.1. The number of hydrogen-bond acceptors (Lipinski definition) is 7. The number of thiazole rings is 1. The van der Waals surface area contributed by atoms with Gasteiger partial charge in [0.25, 0.3) is 0 Å². The summed E-state index contributed by atoms with van der Waals surface area (Å²) in [6.07, 6.45) is 4.44. The SMILES string of the molecule is Cc1cc(C(=O)Cc2ccccc2)n(Cc2csc(N3CCCCC3)n2)n1.O=C=O. The van der Waals surface area contributed by atoms with E-state index < -0.39 is 0 Å². The van der Waals surface area contributed by atoms with Gasteiger partial charge in [-0.25, -0.2) is 4.98 Å². The molecule has 1 aliphatic rings. The van der Waals surface area contributed by atoms with Gasteiger partial charge in [0, 0.05) is 24.9 Å². The molecule has 0 atom stereocenters. The number of hydrogen-bond donors (Lipinski definition) is 0. The second kappa shape index (κ2) is 10.6. The first-order chi connectivity index (χ1) is 14.6. The maximum Gasteiger partial charge on any atom is 0.373 e. The van der Waals surface area contributed by atoms with E-state index in [4.69, 9.17) is 14.6 Å². The van der Waals surface area contributed by atoms with Crippen LogP contribution in [-0.2, 0) is 22.6 Å². The van der Waals surface area contributed by atoms with Crippen molar-refractivity contribution in [3.8, 4) is 0 Å². The first-order valence-corrected chi connectivity index (χ1v) is 10.8. The number of aromatic nitrogens is 3. The minimum Gasteiger partial charge on any atom is -0.348 e. The van der Waals surface area contributed by atoms with Gasteiger partial charge in [-0.15, -0.1) is 11.3 Å². The quantitative estimate of drug-likeness (QED) is 0.563. The maximum absolute atomic E-state index is 12.8. The fraction of sp³-hybridized carbons (Fsp3) is 0.364. The summed E-state index contributed by atoms with van der Waals surface area (Å²) in [5, 5.41) is 7.72. The molecule has 0 bridgehead atoms. The van der Waals surface area contributed by atoms with E-state index in [2.05, 4.69) is 15.4 Å². The largest absolute Gasteiger partial charge is 0.373 e. The van der Waals surface area contributed by atoms with Crippen molar-refractivity contribution in [3.63, 3.8) is 0 Å². The highest BCUT2D eigenvalue weighted by atomic mass is 32.1. The van der Waals surface area contributed by atoms with Crippen LogP contribution >= 0.6 is 11.3 Å². The van der Waals surface area contributed by atoms with E-state index in [-0.39, 0.29) is 11.9 Å². The first kappa shape index (κ1) is 21.6. The summed E-state index contributed by atoms with van der Waals surface area (Å²) in [7, 11) is 0. The Labute approximate surface area is 179 Å². The molecule has 1 fully saturated rings. The normalized spacial score (nSPS) is 13.3. The maximum atomic E-state index is 12.8. The highest BCUT2D eigenvalue weighted by molar-refractivity contribution is 7.13. The van der Waals surface area contributed by atoms with Crippen LogP contribution in [0.1, 0.15) is 46.7 Å². The number of aryl methyl sites for hydroxylation is 1. The average Bonchev–Trinajstić information content (AvgIpc) is 3.37. The Morgan fingerprint density at radius 1 is 1.13 bits per heavy atom. The number of nitrogens with zero attached hydrogens (tertiary/aromatic N) is 4. The summed E-state index contributed by atoms with van der Waals surface area (Å²) in [6.45, 7) is 4.65. The Morgan fingerprint density at radius 3 is 2.53 bits per heavy atom. The van der Waals surface area contributed by atoms with Crippen molar-refractivity contribution in [3.05, 3.63) is 64.4 Å². The summed E-state index contributed by atoms with van der Waals surface area (Å²) in [5.41, 5.74) is 3.51. The zero-order chi connectivity index (χ0) is 21.3. The molecule has 3 aromatic rings. The Balaban J connectivity index is 0.000000806. The molecule has 0 aliphatic carbocycles. The molecule has 8 heteroatoms. The van der Waals surface area contributed by atoms with Gasteiger partial charge in [-0.3, -0.25) is 9.48 Å². The highest BCUT2D eigenvalue weighted by Gasteiger charge is 2.18. The number of Topliss-reactive ketones (excluding diaryl/α,β-unsaturated/α-hetero) is 1. The summed E-state index contributed by atoms with van der Waals surface area (Å²) >= 11 is 1.69. The monoisotopic (exact) mass is 424 g/mol. The molecular weight excluding hydrogens is 400 g/mol. The summed E-state index contributed by atoms with van der Waals surface area (Å²) in [5.74, 6) is 0.0910. The van der Waals surface area contributed by atoms with Gasteiger partial charge in [0.05, 0.1) is 17.9 Å². The second-order valence-corrected chi connectivity index (χ2v) is 8.00. The van der Waals surface area contributed by atoms with Gasteiger partial charge in [0.1, 0.15) is 5.69 Å². The molecule has 0 unspecified atom stereocenters. The predicted molar refractivity (Wildman–Crippen MR) is 114 cm³/mol. The highest BCUT2D eigenvalue weighted by Crippen LogP contribution is 2.24. The lowest BCUT2D eigenvalue weighted by Gasteiger charge is -2.25. The molecule has 1 saturated heterocycles. The number of rotatable bonds is 6. The zero-order valence-electron chi connectivity index (χ0n) is 16.9.